The molecule has 1 unspecified atom stereocenters. The number of thiophene rings is 1. The van der Waals surface area contributed by atoms with Crippen LogP contribution in [0.1, 0.15) is 35.5 Å². The van der Waals surface area contributed by atoms with Crippen molar-refractivity contribution in [2.24, 2.45) is 0 Å². The van der Waals surface area contributed by atoms with Gasteiger partial charge in [0, 0.05) is 17.6 Å². The van der Waals surface area contributed by atoms with Crippen molar-refractivity contribution >= 4 is 11.3 Å². The Morgan fingerprint density at radius 1 is 1.47 bits per heavy atom. The van der Waals surface area contributed by atoms with Crippen molar-refractivity contribution < 1.29 is 0 Å². The van der Waals surface area contributed by atoms with E-state index in [2.05, 4.69) is 46.5 Å². The second-order valence-electron chi connectivity index (χ2n) is 4.17. The summed E-state index contributed by atoms with van der Waals surface area (Å²) in [5.41, 5.74) is 2.60. The summed E-state index contributed by atoms with van der Waals surface area (Å²) in [5.74, 6) is 0. The number of rotatable bonds is 5. The first-order valence-electron chi connectivity index (χ1n) is 6.01. The predicted molar refractivity (Wildman–Crippen MR) is 72.5 cm³/mol. The molecular weight excluding hydrogens is 230 g/mol. The molecule has 0 radical (unpaired) electrons. The van der Waals surface area contributed by atoms with E-state index in [4.69, 9.17) is 0 Å². The highest BCUT2D eigenvalue weighted by atomic mass is 32.1. The first-order chi connectivity index (χ1) is 8.27. The molecule has 17 heavy (non-hydrogen) atoms. The monoisotopic (exact) mass is 249 g/mol. The number of aryl methyl sites for hydroxylation is 2. The number of nitrogens with one attached hydrogen (secondary N) is 1. The third kappa shape index (κ3) is 2.42. The van der Waals surface area contributed by atoms with Crippen molar-refractivity contribution in [1.29, 1.82) is 0 Å². The molecule has 0 saturated heterocycles. The fourth-order valence-corrected chi connectivity index (χ4v) is 3.13. The van der Waals surface area contributed by atoms with Gasteiger partial charge in [0.25, 0.3) is 0 Å². The maximum atomic E-state index is 4.40. The SMILES string of the molecule is CCCn1nccc1C(NC)c1sccc1C. The van der Waals surface area contributed by atoms with E-state index in [1.807, 2.05) is 13.2 Å². The lowest BCUT2D eigenvalue weighted by molar-refractivity contribution is 0.537. The number of hydrogen-bond acceptors (Lipinski definition) is 3. The van der Waals surface area contributed by atoms with Crippen LogP contribution in [0.5, 0.6) is 0 Å². The molecule has 0 spiro atoms. The van der Waals surface area contributed by atoms with Crippen LogP contribution >= 0.6 is 11.3 Å². The number of nitrogens with zero attached hydrogens (tertiary/aromatic N) is 2. The highest BCUT2D eigenvalue weighted by Crippen LogP contribution is 2.28. The minimum atomic E-state index is 0.254. The van der Waals surface area contributed by atoms with Crippen molar-refractivity contribution in [3.05, 3.63) is 39.8 Å². The van der Waals surface area contributed by atoms with E-state index >= 15 is 0 Å². The average Bonchev–Trinajstić information content (AvgIpc) is 2.92. The minimum Gasteiger partial charge on any atom is -0.307 e. The molecule has 3 nitrogen and oxygen atoms in total. The van der Waals surface area contributed by atoms with Gasteiger partial charge >= 0.3 is 0 Å². The Bertz CT molecular complexity index is 472. The minimum absolute atomic E-state index is 0.254. The van der Waals surface area contributed by atoms with Crippen LogP contribution in [-0.4, -0.2) is 16.8 Å². The van der Waals surface area contributed by atoms with Crippen LogP contribution in [0.3, 0.4) is 0 Å². The van der Waals surface area contributed by atoms with E-state index in [-0.39, 0.29) is 6.04 Å². The lowest BCUT2D eigenvalue weighted by Gasteiger charge is -2.17. The van der Waals surface area contributed by atoms with Crippen LogP contribution < -0.4 is 5.32 Å². The Morgan fingerprint density at radius 3 is 2.88 bits per heavy atom. The lowest BCUT2D eigenvalue weighted by atomic mass is 10.1. The standard InChI is InChI=1S/C13H19N3S/c1-4-8-16-11(5-7-15-16)12(14-3)13-10(2)6-9-17-13/h5-7,9,12,14H,4,8H2,1-3H3. The number of hydrogen-bond donors (Lipinski definition) is 1. The quantitative estimate of drug-likeness (QED) is 0.883. The molecule has 0 saturated carbocycles. The predicted octanol–water partition coefficient (Wildman–Crippen LogP) is 2.97. The molecule has 2 rings (SSSR count). The molecule has 1 atom stereocenters. The summed E-state index contributed by atoms with van der Waals surface area (Å²) in [4.78, 5) is 1.38. The van der Waals surface area contributed by atoms with Crippen molar-refractivity contribution in [3.63, 3.8) is 0 Å². The van der Waals surface area contributed by atoms with E-state index in [9.17, 15) is 0 Å². The molecular formula is C13H19N3S. The molecule has 0 aliphatic rings. The first kappa shape index (κ1) is 12.3. The highest BCUT2D eigenvalue weighted by Gasteiger charge is 2.19. The van der Waals surface area contributed by atoms with Crippen LogP contribution in [0.15, 0.2) is 23.7 Å². The largest absolute Gasteiger partial charge is 0.307 e. The first-order valence-corrected chi connectivity index (χ1v) is 6.88. The van der Waals surface area contributed by atoms with Crippen LogP contribution in [0.25, 0.3) is 0 Å². The molecule has 0 aliphatic heterocycles. The molecule has 0 fully saturated rings. The zero-order chi connectivity index (χ0) is 12.3. The Morgan fingerprint density at radius 2 is 2.29 bits per heavy atom. The molecule has 92 valence electrons. The molecule has 2 heterocycles. The van der Waals surface area contributed by atoms with Gasteiger partial charge in [0.05, 0.1) is 11.7 Å². The Hall–Kier alpha value is -1.13. The van der Waals surface area contributed by atoms with E-state index in [1.165, 1.54) is 16.1 Å². The van der Waals surface area contributed by atoms with Gasteiger partial charge < -0.3 is 5.32 Å². The van der Waals surface area contributed by atoms with Crippen LogP contribution in [0.4, 0.5) is 0 Å². The maximum Gasteiger partial charge on any atom is 0.0842 e. The molecule has 0 aliphatic carbocycles. The average molecular weight is 249 g/mol. The second-order valence-corrected chi connectivity index (χ2v) is 5.12. The van der Waals surface area contributed by atoms with Crippen molar-refractivity contribution in [1.82, 2.24) is 15.1 Å². The summed E-state index contributed by atoms with van der Waals surface area (Å²) in [6, 6.07) is 4.53. The summed E-state index contributed by atoms with van der Waals surface area (Å²) < 4.78 is 2.10. The van der Waals surface area contributed by atoms with Gasteiger partial charge in [-0.2, -0.15) is 5.10 Å². The van der Waals surface area contributed by atoms with Gasteiger partial charge in [-0.15, -0.1) is 11.3 Å². The van der Waals surface area contributed by atoms with Crippen LogP contribution in [-0.2, 0) is 6.54 Å². The maximum absolute atomic E-state index is 4.40. The molecule has 0 bridgehead atoms. The number of aromatic nitrogens is 2. The summed E-state index contributed by atoms with van der Waals surface area (Å²) in [6.07, 6.45) is 2.99. The fourth-order valence-electron chi connectivity index (χ4n) is 2.08. The summed E-state index contributed by atoms with van der Waals surface area (Å²) in [5, 5.41) is 9.94. The summed E-state index contributed by atoms with van der Waals surface area (Å²) in [7, 11) is 2.01. The molecule has 0 aromatic carbocycles. The Kier molecular flexibility index (Phi) is 3.97. The van der Waals surface area contributed by atoms with Gasteiger partial charge in [0.1, 0.15) is 0 Å². The third-order valence-electron chi connectivity index (χ3n) is 2.93. The zero-order valence-electron chi connectivity index (χ0n) is 10.6. The van der Waals surface area contributed by atoms with Gasteiger partial charge in [0.2, 0.25) is 0 Å². The van der Waals surface area contributed by atoms with E-state index < -0.39 is 0 Å². The van der Waals surface area contributed by atoms with Crippen LogP contribution in [0, 0.1) is 6.92 Å². The van der Waals surface area contributed by atoms with Crippen molar-refractivity contribution in [2.75, 3.05) is 7.05 Å². The van der Waals surface area contributed by atoms with Crippen molar-refractivity contribution in [2.45, 2.75) is 32.9 Å². The smallest absolute Gasteiger partial charge is 0.0842 e. The summed E-state index contributed by atoms with van der Waals surface area (Å²) in [6.45, 7) is 5.32. The Balaban J connectivity index is 2.35. The summed E-state index contributed by atoms with van der Waals surface area (Å²) >= 11 is 1.80. The van der Waals surface area contributed by atoms with E-state index in [0.29, 0.717) is 0 Å². The van der Waals surface area contributed by atoms with Gasteiger partial charge in [-0.05, 0) is 43.5 Å². The van der Waals surface area contributed by atoms with Crippen molar-refractivity contribution in [3.8, 4) is 0 Å². The molecule has 4 heteroatoms. The third-order valence-corrected chi connectivity index (χ3v) is 4.02. The second kappa shape index (κ2) is 5.47. The molecule has 1 N–H and O–H groups in total. The van der Waals surface area contributed by atoms with Gasteiger partial charge in [-0.1, -0.05) is 6.92 Å². The topological polar surface area (TPSA) is 29.9 Å². The van der Waals surface area contributed by atoms with Gasteiger partial charge in [0.15, 0.2) is 0 Å². The molecule has 0 amide bonds. The van der Waals surface area contributed by atoms with E-state index in [1.54, 1.807) is 11.3 Å². The van der Waals surface area contributed by atoms with Crippen LogP contribution in [0.2, 0.25) is 0 Å². The fraction of sp³-hybridized carbons (Fsp3) is 0.462. The van der Waals surface area contributed by atoms with Gasteiger partial charge in [-0.3, -0.25) is 4.68 Å². The zero-order valence-corrected chi connectivity index (χ0v) is 11.4. The lowest BCUT2D eigenvalue weighted by Crippen LogP contribution is -2.21. The normalized spacial score (nSPS) is 12.9. The molecule has 2 aromatic rings. The Labute approximate surface area is 106 Å². The van der Waals surface area contributed by atoms with E-state index in [0.717, 1.165) is 13.0 Å². The molecule has 2 aromatic heterocycles. The highest BCUT2D eigenvalue weighted by molar-refractivity contribution is 7.10. The van der Waals surface area contributed by atoms with Gasteiger partial charge in [-0.25, -0.2) is 0 Å².